The fourth-order valence-electron chi connectivity index (χ4n) is 14.1. The third-order valence-electron chi connectivity index (χ3n) is 20.8. The van der Waals surface area contributed by atoms with E-state index in [1.165, 1.54) is 51.3 Å². The zero-order valence-corrected chi connectivity index (χ0v) is 78.5. The minimum Gasteiger partial charge on any atom is -0.324 e. The molecule has 0 aliphatic carbocycles. The second-order valence-corrected chi connectivity index (χ2v) is 32.3. The zero-order chi connectivity index (χ0) is 124. The van der Waals surface area contributed by atoms with Crippen molar-refractivity contribution in [1.29, 1.82) is 0 Å². The zero-order valence-electron chi connectivity index (χ0n) is 106. The van der Waals surface area contributed by atoms with Crippen molar-refractivity contribution < 1.29 is 57.6 Å². The maximum absolute atomic E-state index is 13.6. The third-order valence-corrected chi connectivity index (χ3v) is 20.8. The number of amides is 4. The van der Waals surface area contributed by atoms with Crippen LogP contribution in [-0.2, 0) is 0 Å². The molecular weight excluding hydrogens is 1800 g/mol. The van der Waals surface area contributed by atoms with Gasteiger partial charge in [0.15, 0.2) is 0 Å². The summed E-state index contributed by atoms with van der Waals surface area (Å²) >= 11 is 0. The quantitative estimate of drug-likeness (QED) is 0.0278. The SMILES string of the molecule is [2H]c1c([2H])c(C(=O)Nc2cc(C)cc(-n3c([2H])nc(C)c3[2H])c2)c([2H])c(Nc2nccc(-c3cccnc3)n2)c1C.[2H]c1c([2H])c(C([2H])([2H])[2H])c(Nc2nccc(-c3cccnc3)n2)c([2H])c1C(=O)Nc1cc(C)cc(-n2c([2H])cc(C)c2[2H])c1.[2H]c1c([2H])c(C([2H])([2H])[2H])c(Nc2nccc(-c3cccnc3)n2)c([2H])c1C(=O)Nc1cc(C)cc(-n2c([2H])nc(C)c2[2H])c1.[2H]c1nc([2H])c(-c2ccnc(Nc3c([2H])c(C(=O)Nc4cc(C)cc(-n5ccc(C)c5)c4)c([2H])c([2H])c3C)n2)c([2H])c1[2H]. The Bertz CT molecular complexity index is 9460. The molecule has 0 atom stereocenters. The topological polar surface area (TPSA) is 365 Å². The molecule has 8 aromatic carbocycles. The van der Waals surface area contributed by atoms with Crippen LogP contribution in [0.2, 0.25) is 0 Å². The van der Waals surface area contributed by atoms with Crippen LogP contribution in [0.5, 0.6) is 0 Å². The Balaban J connectivity index is 0.000000152. The van der Waals surface area contributed by atoms with Gasteiger partial charge in [0, 0.05) is 232 Å². The van der Waals surface area contributed by atoms with Gasteiger partial charge in [0.05, 0.1) is 74.2 Å². The third kappa shape index (κ3) is 25.2. The lowest BCUT2D eigenvalue weighted by atomic mass is 10.1. The van der Waals surface area contributed by atoms with E-state index >= 15 is 0 Å². The Morgan fingerprint density at radius 3 is 0.986 bits per heavy atom. The molecule has 12 aromatic heterocycles. The van der Waals surface area contributed by atoms with Crippen molar-refractivity contribution in [2.24, 2.45) is 0 Å². The maximum atomic E-state index is 13.6. The average molecular weight is 1930 g/mol. The van der Waals surface area contributed by atoms with Crippen LogP contribution in [-0.4, -0.2) is 112 Å². The molecule has 0 saturated heterocycles. The first-order chi connectivity index (χ1) is 81.4. The van der Waals surface area contributed by atoms with Crippen LogP contribution < -0.4 is 42.5 Å². The highest BCUT2D eigenvalue weighted by atomic mass is 16.2. The first-order valence-electron chi connectivity index (χ1n) is 58.1. The van der Waals surface area contributed by atoms with E-state index in [-0.39, 0.29) is 148 Å². The van der Waals surface area contributed by atoms with E-state index in [1.807, 2.05) is 49.0 Å². The van der Waals surface area contributed by atoms with Crippen LogP contribution in [0.4, 0.5) is 69.3 Å². The highest BCUT2D eigenvalue weighted by molar-refractivity contribution is 6.08. The van der Waals surface area contributed by atoms with Crippen molar-refractivity contribution in [2.45, 2.75) is 82.9 Å². The summed E-state index contributed by atoms with van der Waals surface area (Å²) in [6, 6.07) is 33.8. The van der Waals surface area contributed by atoms with Crippen molar-refractivity contribution in [3.63, 3.8) is 0 Å². The van der Waals surface area contributed by atoms with Crippen LogP contribution in [0, 0.1) is 82.9 Å². The van der Waals surface area contributed by atoms with Gasteiger partial charge in [-0.2, -0.15) is 0 Å². The number of imidazole rings is 2. The summed E-state index contributed by atoms with van der Waals surface area (Å²) in [6.45, 7) is 11.4. The maximum Gasteiger partial charge on any atom is 0.255 e. The first-order valence-corrected chi connectivity index (χ1v) is 44.1. The van der Waals surface area contributed by atoms with Crippen LogP contribution >= 0.6 is 0 Å². The molecule has 30 heteroatoms. The molecule has 20 aromatic rings. The minimum absolute atomic E-state index is 0.00407. The summed E-state index contributed by atoms with van der Waals surface area (Å²) in [7, 11) is 0. The molecule has 144 heavy (non-hydrogen) atoms. The second kappa shape index (κ2) is 44.5. The number of rotatable bonds is 24. The molecule has 0 fully saturated rings. The van der Waals surface area contributed by atoms with E-state index in [2.05, 4.69) is 112 Å². The lowest BCUT2D eigenvalue weighted by Gasteiger charge is -2.13. The number of benzene rings is 8. The molecule has 20 rings (SSSR count). The predicted octanol–water partition coefficient (Wildman–Crippen LogP) is 23.8. The highest BCUT2D eigenvalue weighted by Gasteiger charge is 2.20. The smallest absolute Gasteiger partial charge is 0.255 e. The number of pyridine rings is 4. The summed E-state index contributed by atoms with van der Waals surface area (Å²) in [6.07, 6.45) is 18.4. The Morgan fingerprint density at radius 1 is 0.319 bits per heavy atom. The van der Waals surface area contributed by atoms with E-state index in [9.17, 15) is 19.2 Å². The number of carbonyl (C=O) groups is 4. The summed E-state index contributed by atoms with van der Waals surface area (Å²) < 4.78 is 239. The van der Waals surface area contributed by atoms with Gasteiger partial charge in [-0.3, -0.25) is 39.1 Å². The molecule has 0 saturated carbocycles. The summed E-state index contributed by atoms with van der Waals surface area (Å²) in [4.78, 5) is 112. The van der Waals surface area contributed by atoms with Gasteiger partial charge in [-0.1, -0.05) is 24.2 Å². The summed E-state index contributed by atoms with van der Waals surface area (Å²) in [5.41, 5.74) is 9.40. The molecule has 12 heterocycles. The standard InChI is InChI=1S/2C29H26N6O.2C28H25N7O/c2*1-19-9-12-35(18-19)25-14-20(2)13-24(16-25)32-28(36)22-7-6-21(3)27(15-22)34-29-31-11-8-26(33-29)23-5-4-10-30-17-23;2*1-18-11-23(14-24(12-18)35-16-20(3)31-17-35)32-27(36)21-7-6-19(2)26(13-21)34-28-30-10-8-25(33-28)22-5-4-9-29-15-22/h2*4-18H,1-3H3,(H,32,36)(H,31,33,34);2*4-17H,1-3H3,(H,32,36)(H,30,33,34)/i4D,5D,6D,7D,10D,15D,17D;3D3,6D,7D,12D,15D,18D;2D3,6D,7D,13D,16D,17D;6D,7D,13D,16D,17D. The fourth-order valence-corrected chi connectivity index (χ4v) is 14.1. The van der Waals surface area contributed by atoms with Crippen molar-refractivity contribution in [1.82, 2.24) is 88.0 Å². The summed E-state index contributed by atoms with van der Waals surface area (Å²) in [5, 5.41) is 22.0. The normalized spacial score (nSPS) is 13.7. The van der Waals surface area contributed by atoms with Crippen molar-refractivity contribution in [3.05, 3.63) is 443 Å². The summed E-state index contributed by atoms with van der Waals surface area (Å²) in [5.74, 6) is -3.43. The van der Waals surface area contributed by atoms with E-state index in [1.54, 1.807) is 207 Å². The highest BCUT2D eigenvalue weighted by Crippen LogP contribution is 2.33. The molecule has 0 unspecified atom stereocenters. The molecule has 0 aliphatic rings. The van der Waals surface area contributed by atoms with Crippen LogP contribution in [0.3, 0.4) is 0 Å². The number of hydrogen-bond acceptors (Lipinski definition) is 22. The number of nitrogens with one attached hydrogen (secondary N) is 8. The second-order valence-electron chi connectivity index (χ2n) is 32.3. The number of aromatic nitrogens is 18. The molecule has 4 amide bonds. The number of nitrogens with zero attached hydrogens (tertiary/aromatic N) is 18. The molecule has 0 radical (unpaired) electrons. The molecule has 8 N–H and O–H groups in total. The van der Waals surface area contributed by atoms with Crippen LogP contribution in [0.15, 0.2) is 354 Å². The lowest BCUT2D eigenvalue weighted by Crippen LogP contribution is -2.13. The molecule has 0 spiro atoms. The van der Waals surface area contributed by atoms with Crippen LogP contribution in [0.1, 0.15) is 147 Å². The van der Waals surface area contributed by atoms with Gasteiger partial charge in [-0.15, -0.1) is 0 Å². The molecule has 30 nitrogen and oxygen atoms in total. The Kier molecular flexibility index (Phi) is 20.7. The van der Waals surface area contributed by atoms with Crippen LogP contribution in [0.25, 0.3) is 67.8 Å². The molecular formula is C114H102N26O4. The molecule has 0 aliphatic heterocycles. The Morgan fingerprint density at radius 2 is 0.667 bits per heavy atom. The van der Waals surface area contributed by atoms with E-state index in [4.69, 9.17) is 38.4 Å². The van der Waals surface area contributed by atoms with E-state index in [0.717, 1.165) is 27.9 Å². The number of anilines is 12. The number of carbonyl (C=O) groups excluding carboxylic acids is 4. The first kappa shape index (κ1) is 67.1. The van der Waals surface area contributed by atoms with E-state index < -0.39 is 132 Å². The van der Waals surface area contributed by atoms with Crippen molar-refractivity contribution >= 4 is 92.9 Å². The number of hydrogen-bond donors (Lipinski definition) is 8. The van der Waals surface area contributed by atoms with Gasteiger partial charge in [-0.25, -0.2) is 49.8 Å². The van der Waals surface area contributed by atoms with Gasteiger partial charge >= 0.3 is 0 Å². The van der Waals surface area contributed by atoms with Gasteiger partial charge in [0.1, 0.15) is 2.74 Å². The molecule has 0 bridgehead atoms. The van der Waals surface area contributed by atoms with E-state index in [0.29, 0.717) is 90.3 Å². The van der Waals surface area contributed by atoms with Gasteiger partial charge in [0.25, 0.3) is 23.6 Å². The predicted molar refractivity (Wildman–Crippen MR) is 567 cm³/mol. The number of aryl methyl sites for hydroxylation is 8. The fraction of sp³-hybridized carbons (Fsp3) is 0.105. The Labute approximate surface area is 872 Å². The van der Waals surface area contributed by atoms with Gasteiger partial charge in [0.2, 0.25) is 23.8 Å². The average Bonchev–Trinajstić information content (AvgIpc) is 0.890. The lowest BCUT2D eigenvalue weighted by molar-refractivity contribution is 0.101. The van der Waals surface area contributed by atoms with Gasteiger partial charge < -0.3 is 60.8 Å². The minimum atomic E-state index is -2.92. The van der Waals surface area contributed by atoms with Crippen molar-refractivity contribution in [2.75, 3.05) is 42.5 Å². The largest absolute Gasteiger partial charge is 0.324 e. The molecule has 712 valence electrons. The monoisotopic (exact) mass is 1930 g/mol. The van der Waals surface area contributed by atoms with Gasteiger partial charge in [-0.05, 0) is 345 Å². The Hall–Kier alpha value is -19.3. The van der Waals surface area contributed by atoms with Crippen molar-refractivity contribution in [3.8, 4) is 67.8 Å².